The van der Waals surface area contributed by atoms with Crippen LogP contribution in [0.15, 0.2) is 47.1 Å². The molecule has 1 fully saturated rings. The van der Waals surface area contributed by atoms with Gasteiger partial charge in [0, 0.05) is 17.8 Å². The molecule has 1 aliphatic rings. The van der Waals surface area contributed by atoms with Gasteiger partial charge in [0.25, 0.3) is 0 Å². The molecule has 0 spiro atoms. The lowest BCUT2D eigenvalue weighted by Gasteiger charge is -2.24. The molecule has 1 unspecified atom stereocenters. The van der Waals surface area contributed by atoms with Gasteiger partial charge in [-0.05, 0) is 56.1 Å². The van der Waals surface area contributed by atoms with Gasteiger partial charge in [-0.1, -0.05) is 19.1 Å². The van der Waals surface area contributed by atoms with Crippen molar-refractivity contribution in [3.8, 4) is 0 Å². The SMILES string of the molecule is CCC(NC)c1ccc(N(Cc2ccco2)C2CC2)cc1. The van der Waals surface area contributed by atoms with Crippen LogP contribution in [-0.2, 0) is 6.54 Å². The van der Waals surface area contributed by atoms with Crippen LogP contribution in [0.4, 0.5) is 5.69 Å². The number of rotatable bonds is 7. The van der Waals surface area contributed by atoms with Crippen LogP contribution in [0.1, 0.15) is 43.6 Å². The third-order valence-electron chi connectivity index (χ3n) is 4.28. The van der Waals surface area contributed by atoms with Gasteiger partial charge in [-0.15, -0.1) is 0 Å². The fourth-order valence-corrected chi connectivity index (χ4v) is 2.89. The first-order valence-corrected chi connectivity index (χ1v) is 7.88. The summed E-state index contributed by atoms with van der Waals surface area (Å²) in [4.78, 5) is 2.46. The van der Waals surface area contributed by atoms with Crippen LogP contribution in [-0.4, -0.2) is 13.1 Å². The molecule has 3 heteroatoms. The van der Waals surface area contributed by atoms with Crippen LogP contribution in [0.2, 0.25) is 0 Å². The molecule has 2 aromatic rings. The van der Waals surface area contributed by atoms with Gasteiger partial charge in [0.05, 0.1) is 12.8 Å². The van der Waals surface area contributed by atoms with Gasteiger partial charge in [0.15, 0.2) is 0 Å². The molecule has 1 heterocycles. The lowest BCUT2D eigenvalue weighted by atomic mass is 10.0. The molecule has 1 atom stereocenters. The van der Waals surface area contributed by atoms with Gasteiger partial charge in [-0.25, -0.2) is 0 Å². The van der Waals surface area contributed by atoms with Crippen molar-refractivity contribution in [3.05, 3.63) is 54.0 Å². The smallest absolute Gasteiger partial charge is 0.123 e. The highest BCUT2D eigenvalue weighted by Crippen LogP contribution is 2.33. The maximum absolute atomic E-state index is 5.51. The van der Waals surface area contributed by atoms with Gasteiger partial charge in [0.1, 0.15) is 5.76 Å². The first-order chi connectivity index (χ1) is 10.3. The molecule has 1 saturated carbocycles. The minimum atomic E-state index is 0.443. The molecule has 0 aliphatic heterocycles. The predicted molar refractivity (Wildman–Crippen MR) is 86.4 cm³/mol. The molecule has 1 aromatic carbocycles. The summed E-state index contributed by atoms with van der Waals surface area (Å²) in [5.74, 6) is 1.03. The Kier molecular flexibility index (Phi) is 4.30. The fraction of sp³-hybridized carbons (Fsp3) is 0.444. The topological polar surface area (TPSA) is 28.4 Å². The molecule has 0 amide bonds. The van der Waals surface area contributed by atoms with E-state index in [1.807, 2.05) is 13.1 Å². The highest BCUT2D eigenvalue weighted by atomic mass is 16.3. The average molecular weight is 284 g/mol. The van der Waals surface area contributed by atoms with Crippen LogP contribution in [0.3, 0.4) is 0 Å². The maximum Gasteiger partial charge on any atom is 0.123 e. The van der Waals surface area contributed by atoms with E-state index in [4.69, 9.17) is 4.42 Å². The van der Waals surface area contributed by atoms with E-state index in [0.717, 1.165) is 18.7 Å². The maximum atomic E-state index is 5.51. The largest absolute Gasteiger partial charge is 0.467 e. The van der Waals surface area contributed by atoms with E-state index in [9.17, 15) is 0 Å². The Morgan fingerprint density at radius 1 is 1.24 bits per heavy atom. The molecule has 1 N–H and O–H groups in total. The van der Waals surface area contributed by atoms with Gasteiger partial charge in [0.2, 0.25) is 0 Å². The van der Waals surface area contributed by atoms with Gasteiger partial charge in [-0.3, -0.25) is 0 Å². The second-order valence-corrected chi connectivity index (χ2v) is 5.78. The van der Waals surface area contributed by atoms with Crippen molar-refractivity contribution < 1.29 is 4.42 Å². The van der Waals surface area contributed by atoms with E-state index in [2.05, 4.69) is 47.5 Å². The summed E-state index contributed by atoms with van der Waals surface area (Å²) in [7, 11) is 2.02. The number of nitrogens with one attached hydrogen (secondary N) is 1. The first kappa shape index (κ1) is 14.2. The van der Waals surface area contributed by atoms with Gasteiger partial charge >= 0.3 is 0 Å². The molecule has 1 aliphatic carbocycles. The molecule has 0 bridgehead atoms. The van der Waals surface area contributed by atoms with Crippen molar-refractivity contribution in [1.29, 1.82) is 0 Å². The second-order valence-electron chi connectivity index (χ2n) is 5.78. The van der Waals surface area contributed by atoms with E-state index in [0.29, 0.717) is 12.1 Å². The molecular formula is C18H24N2O. The van der Waals surface area contributed by atoms with E-state index in [-0.39, 0.29) is 0 Å². The molecule has 112 valence electrons. The monoisotopic (exact) mass is 284 g/mol. The molecule has 0 saturated heterocycles. The zero-order valence-electron chi connectivity index (χ0n) is 12.9. The summed E-state index contributed by atoms with van der Waals surface area (Å²) in [6.45, 7) is 3.07. The van der Waals surface area contributed by atoms with Gasteiger partial charge < -0.3 is 14.6 Å². The Bertz CT molecular complexity index is 539. The number of nitrogens with zero attached hydrogens (tertiary/aromatic N) is 1. The van der Waals surface area contributed by atoms with Crippen LogP contribution >= 0.6 is 0 Å². The Labute approximate surface area is 127 Å². The van der Waals surface area contributed by atoms with Crippen molar-refractivity contribution in [1.82, 2.24) is 5.32 Å². The number of hydrogen-bond acceptors (Lipinski definition) is 3. The minimum absolute atomic E-state index is 0.443. The van der Waals surface area contributed by atoms with E-state index >= 15 is 0 Å². The third kappa shape index (κ3) is 3.30. The summed E-state index contributed by atoms with van der Waals surface area (Å²) in [5.41, 5.74) is 2.65. The molecule has 1 aromatic heterocycles. The first-order valence-electron chi connectivity index (χ1n) is 7.88. The Morgan fingerprint density at radius 2 is 2.00 bits per heavy atom. The standard InChI is InChI=1S/C18H24N2O/c1-3-18(19-2)14-6-8-15(9-7-14)20(16-10-11-16)13-17-5-4-12-21-17/h4-9,12,16,18-19H,3,10-11,13H2,1-2H3. The molecule has 21 heavy (non-hydrogen) atoms. The highest BCUT2D eigenvalue weighted by Gasteiger charge is 2.29. The van der Waals surface area contributed by atoms with Crippen LogP contribution in [0.25, 0.3) is 0 Å². The number of hydrogen-bond donors (Lipinski definition) is 1. The normalized spacial score (nSPS) is 15.9. The number of anilines is 1. The third-order valence-corrected chi connectivity index (χ3v) is 4.28. The quantitative estimate of drug-likeness (QED) is 0.829. The van der Waals surface area contributed by atoms with Crippen molar-refractivity contribution in [3.63, 3.8) is 0 Å². The minimum Gasteiger partial charge on any atom is -0.467 e. The summed E-state index contributed by atoms with van der Waals surface area (Å²) in [6, 6.07) is 14.1. The summed E-state index contributed by atoms with van der Waals surface area (Å²) < 4.78 is 5.51. The van der Waals surface area contributed by atoms with Crippen LogP contribution in [0.5, 0.6) is 0 Å². The summed E-state index contributed by atoms with van der Waals surface area (Å²) in [5, 5.41) is 3.36. The van der Waals surface area contributed by atoms with Crippen molar-refractivity contribution in [2.75, 3.05) is 11.9 Å². The Hall–Kier alpha value is -1.74. The number of furan rings is 1. The van der Waals surface area contributed by atoms with Gasteiger partial charge in [-0.2, -0.15) is 0 Å². The highest BCUT2D eigenvalue weighted by molar-refractivity contribution is 5.50. The van der Waals surface area contributed by atoms with Crippen LogP contribution < -0.4 is 10.2 Å². The second kappa shape index (κ2) is 6.35. The zero-order chi connectivity index (χ0) is 14.7. The Morgan fingerprint density at radius 3 is 2.52 bits per heavy atom. The Balaban J connectivity index is 1.76. The van der Waals surface area contributed by atoms with E-state index in [1.165, 1.54) is 24.1 Å². The lowest BCUT2D eigenvalue weighted by Crippen LogP contribution is -2.24. The average Bonchev–Trinajstić information content (AvgIpc) is 3.23. The van der Waals surface area contributed by atoms with Crippen molar-refractivity contribution in [2.45, 2.75) is 44.8 Å². The molecular weight excluding hydrogens is 260 g/mol. The van der Waals surface area contributed by atoms with Crippen molar-refractivity contribution >= 4 is 5.69 Å². The lowest BCUT2D eigenvalue weighted by molar-refractivity contribution is 0.501. The number of benzene rings is 1. The van der Waals surface area contributed by atoms with E-state index in [1.54, 1.807) is 6.26 Å². The molecule has 3 rings (SSSR count). The summed E-state index contributed by atoms with van der Waals surface area (Å²) >= 11 is 0. The zero-order valence-corrected chi connectivity index (χ0v) is 12.9. The summed E-state index contributed by atoms with van der Waals surface area (Å²) in [6.07, 6.45) is 5.43. The van der Waals surface area contributed by atoms with E-state index < -0.39 is 0 Å². The predicted octanol–water partition coefficient (Wildman–Crippen LogP) is 4.12. The van der Waals surface area contributed by atoms with Crippen molar-refractivity contribution in [2.24, 2.45) is 0 Å². The molecule has 0 radical (unpaired) electrons. The van der Waals surface area contributed by atoms with Crippen LogP contribution in [0, 0.1) is 0 Å². The fourth-order valence-electron chi connectivity index (χ4n) is 2.89. The molecule has 3 nitrogen and oxygen atoms in total.